The van der Waals surface area contributed by atoms with E-state index in [0.29, 0.717) is 51.4 Å². The summed E-state index contributed by atoms with van der Waals surface area (Å²) in [6.45, 7) is 2.26. The summed E-state index contributed by atoms with van der Waals surface area (Å²) in [6, 6.07) is 0.0263. The third-order valence-corrected chi connectivity index (χ3v) is 3.86. The fourth-order valence-corrected chi connectivity index (χ4v) is 2.51. The minimum Gasteiger partial charge on any atom is -0.340 e. The Hall–Kier alpha value is -1.54. The second-order valence-corrected chi connectivity index (χ2v) is 5.70. The van der Waals surface area contributed by atoms with Crippen LogP contribution in [0.25, 0.3) is 0 Å². The minimum atomic E-state index is -2.57. The van der Waals surface area contributed by atoms with Crippen LogP contribution in [0, 0.1) is 0 Å². The second kappa shape index (κ2) is 7.64. The number of carbonyl (C=O) groups is 1. The summed E-state index contributed by atoms with van der Waals surface area (Å²) in [6.07, 6.45) is 3.82. The fraction of sp³-hybridized carbons (Fsp3) is 0.714. The average Bonchev–Trinajstić information content (AvgIpc) is 2.94. The Bertz CT molecular complexity index is 483. The molecule has 0 saturated carbocycles. The lowest BCUT2D eigenvalue weighted by Gasteiger charge is -2.34. The molecule has 6 nitrogen and oxygen atoms in total. The van der Waals surface area contributed by atoms with Crippen LogP contribution in [0.2, 0.25) is 0 Å². The highest BCUT2D eigenvalue weighted by Crippen LogP contribution is 2.15. The van der Waals surface area contributed by atoms with Gasteiger partial charge in [-0.15, -0.1) is 0 Å². The number of imidazole rings is 1. The van der Waals surface area contributed by atoms with Gasteiger partial charge in [-0.1, -0.05) is 0 Å². The summed E-state index contributed by atoms with van der Waals surface area (Å²) in [4.78, 5) is 19.8. The Morgan fingerprint density at radius 3 is 2.64 bits per heavy atom. The van der Waals surface area contributed by atoms with Gasteiger partial charge in [0, 0.05) is 51.0 Å². The van der Waals surface area contributed by atoms with Crippen molar-refractivity contribution in [2.45, 2.75) is 38.9 Å². The molecule has 0 bridgehead atoms. The lowest BCUT2D eigenvalue weighted by atomic mass is 10.1. The number of nitrogens with two attached hydrogens (primary N) is 1. The largest absolute Gasteiger partial charge is 0.340 e. The first-order valence-corrected chi connectivity index (χ1v) is 7.53. The monoisotopic (exact) mass is 315 g/mol. The Morgan fingerprint density at radius 2 is 2.05 bits per heavy atom. The summed E-state index contributed by atoms with van der Waals surface area (Å²) in [5, 5.41) is 0. The first-order valence-electron chi connectivity index (χ1n) is 7.53. The Morgan fingerprint density at radius 1 is 1.36 bits per heavy atom. The highest BCUT2D eigenvalue weighted by atomic mass is 19.3. The minimum absolute atomic E-state index is 0.0263. The number of hydrogen-bond acceptors (Lipinski definition) is 4. The summed E-state index contributed by atoms with van der Waals surface area (Å²) in [5.74, 6) is 0.470. The first-order chi connectivity index (χ1) is 10.5. The van der Waals surface area contributed by atoms with E-state index in [1.54, 1.807) is 0 Å². The Balaban J connectivity index is 1.80. The lowest BCUT2D eigenvalue weighted by molar-refractivity contribution is -0.133. The van der Waals surface area contributed by atoms with Crippen molar-refractivity contribution in [2.75, 3.05) is 26.2 Å². The highest BCUT2D eigenvalue weighted by Gasteiger charge is 2.22. The van der Waals surface area contributed by atoms with Crippen LogP contribution in [0.15, 0.2) is 12.4 Å². The van der Waals surface area contributed by atoms with Crippen molar-refractivity contribution in [2.24, 2.45) is 5.73 Å². The van der Waals surface area contributed by atoms with Gasteiger partial charge in [-0.25, -0.2) is 4.98 Å². The van der Waals surface area contributed by atoms with E-state index in [1.807, 2.05) is 16.7 Å². The van der Waals surface area contributed by atoms with E-state index < -0.39 is 6.55 Å². The van der Waals surface area contributed by atoms with E-state index in [2.05, 4.69) is 4.98 Å². The Kier molecular flexibility index (Phi) is 5.84. The van der Waals surface area contributed by atoms with Crippen molar-refractivity contribution in [1.29, 1.82) is 0 Å². The second-order valence-electron chi connectivity index (χ2n) is 5.70. The maximum atomic E-state index is 12.8. The van der Waals surface area contributed by atoms with E-state index in [4.69, 9.17) is 5.73 Å². The van der Waals surface area contributed by atoms with Gasteiger partial charge < -0.3 is 10.6 Å². The molecular weight excluding hydrogens is 292 g/mol. The predicted octanol–water partition coefficient (Wildman–Crippen LogP) is 1.05. The molecule has 1 aromatic heterocycles. The summed E-state index contributed by atoms with van der Waals surface area (Å²) in [5.41, 5.74) is 5.66. The summed E-state index contributed by atoms with van der Waals surface area (Å²) in [7, 11) is 0. The van der Waals surface area contributed by atoms with Gasteiger partial charge in [0.05, 0.1) is 6.54 Å². The number of nitrogens with zero attached hydrogens (tertiary/aromatic N) is 4. The maximum absolute atomic E-state index is 12.8. The van der Waals surface area contributed by atoms with Gasteiger partial charge in [0.2, 0.25) is 5.91 Å². The van der Waals surface area contributed by atoms with Crippen molar-refractivity contribution in [3.05, 3.63) is 18.2 Å². The van der Waals surface area contributed by atoms with Crippen LogP contribution in [-0.4, -0.2) is 57.5 Å². The molecule has 2 heterocycles. The molecule has 1 unspecified atom stereocenters. The van der Waals surface area contributed by atoms with Crippen LogP contribution in [0.5, 0.6) is 0 Å². The van der Waals surface area contributed by atoms with Gasteiger partial charge in [-0.05, 0) is 13.3 Å². The molecule has 2 N–H and O–H groups in total. The van der Waals surface area contributed by atoms with Crippen LogP contribution in [0.1, 0.15) is 32.1 Å². The van der Waals surface area contributed by atoms with E-state index in [0.717, 1.165) is 4.57 Å². The van der Waals surface area contributed by atoms with E-state index >= 15 is 0 Å². The molecule has 1 atom stereocenters. The number of piperazine rings is 1. The van der Waals surface area contributed by atoms with Crippen LogP contribution in [-0.2, 0) is 11.3 Å². The lowest BCUT2D eigenvalue weighted by Crippen LogP contribution is -2.48. The molecule has 1 aromatic rings. The first kappa shape index (κ1) is 16.8. The number of aromatic nitrogens is 2. The van der Waals surface area contributed by atoms with Crippen molar-refractivity contribution in [3.63, 3.8) is 0 Å². The molecule has 1 aliphatic heterocycles. The number of rotatable bonds is 6. The smallest absolute Gasteiger partial charge is 0.319 e. The zero-order valence-corrected chi connectivity index (χ0v) is 12.8. The third-order valence-electron chi connectivity index (χ3n) is 3.86. The van der Waals surface area contributed by atoms with Crippen LogP contribution in [0.3, 0.4) is 0 Å². The molecule has 0 aromatic carbocycles. The molecule has 1 amide bonds. The van der Waals surface area contributed by atoms with E-state index in [-0.39, 0.29) is 11.9 Å². The predicted molar refractivity (Wildman–Crippen MR) is 78.2 cm³/mol. The van der Waals surface area contributed by atoms with Crippen LogP contribution in [0.4, 0.5) is 8.78 Å². The summed E-state index contributed by atoms with van der Waals surface area (Å²) < 4.78 is 26.4. The van der Waals surface area contributed by atoms with Gasteiger partial charge in [0.25, 0.3) is 0 Å². The molecule has 22 heavy (non-hydrogen) atoms. The van der Waals surface area contributed by atoms with Gasteiger partial charge in [0.15, 0.2) is 0 Å². The molecule has 0 spiro atoms. The molecule has 0 aliphatic carbocycles. The van der Waals surface area contributed by atoms with E-state index in [1.165, 1.54) is 12.4 Å². The quantitative estimate of drug-likeness (QED) is 0.852. The molecule has 1 fully saturated rings. The topological polar surface area (TPSA) is 67.4 Å². The standard InChI is InChI=1S/C14H23F2N5O/c1-11(17)2-3-13(22)20-8-6-19(7-9-20)10-12-18-4-5-21(12)14(15)16/h4-5,11,14H,2-3,6-10,17H2,1H3. The van der Waals surface area contributed by atoms with Crippen molar-refractivity contribution in [1.82, 2.24) is 19.4 Å². The van der Waals surface area contributed by atoms with Crippen molar-refractivity contribution < 1.29 is 13.6 Å². The zero-order chi connectivity index (χ0) is 16.1. The van der Waals surface area contributed by atoms with Crippen LogP contribution >= 0.6 is 0 Å². The molecule has 1 saturated heterocycles. The third kappa shape index (κ3) is 4.48. The van der Waals surface area contributed by atoms with Gasteiger partial charge in [-0.3, -0.25) is 14.3 Å². The number of carbonyl (C=O) groups excluding carboxylic acids is 1. The SMILES string of the molecule is CC(N)CCC(=O)N1CCN(Cc2nccn2C(F)F)CC1. The Labute approximate surface area is 128 Å². The maximum Gasteiger partial charge on any atom is 0.319 e. The van der Waals surface area contributed by atoms with Gasteiger partial charge in [-0.2, -0.15) is 8.78 Å². The summed E-state index contributed by atoms with van der Waals surface area (Å²) >= 11 is 0. The van der Waals surface area contributed by atoms with Crippen molar-refractivity contribution >= 4 is 5.91 Å². The van der Waals surface area contributed by atoms with Crippen LogP contribution < -0.4 is 5.73 Å². The molecule has 2 rings (SSSR count). The van der Waals surface area contributed by atoms with E-state index in [9.17, 15) is 13.6 Å². The zero-order valence-electron chi connectivity index (χ0n) is 12.8. The van der Waals surface area contributed by atoms with Crippen molar-refractivity contribution in [3.8, 4) is 0 Å². The molecule has 8 heteroatoms. The van der Waals surface area contributed by atoms with Gasteiger partial charge >= 0.3 is 6.55 Å². The highest BCUT2D eigenvalue weighted by molar-refractivity contribution is 5.76. The molecule has 1 aliphatic rings. The fourth-order valence-electron chi connectivity index (χ4n) is 2.51. The molecule has 124 valence electrons. The number of halogens is 2. The number of alkyl halides is 2. The molecule has 0 radical (unpaired) electrons. The number of hydrogen-bond donors (Lipinski definition) is 1. The normalized spacial score (nSPS) is 18.0. The average molecular weight is 315 g/mol. The molecular formula is C14H23F2N5O. The van der Waals surface area contributed by atoms with Gasteiger partial charge in [0.1, 0.15) is 5.82 Å². The number of amides is 1.